The van der Waals surface area contributed by atoms with Gasteiger partial charge in [0, 0.05) is 30.4 Å². The van der Waals surface area contributed by atoms with E-state index in [-0.39, 0.29) is 5.78 Å². The van der Waals surface area contributed by atoms with Gasteiger partial charge in [-0.1, -0.05) is 28.4 Å². The summed E-state index contributed by atoms with van der Waals surface area (Å²) in [5, 5.41) is 5.03. The first-order valence-corrected chi connectivity index (χ1v) is 9.25. The molecule has 0 radical (unpaired) electrons. The quantitative estimate of drug-likeness (QED) is 0.689. The molecule has 0 fully saturated rings. The third kappa shape index (κ3) is 2.64. The van der Waals surface area contributed by atoms with E-state index in [0.717, 1.165) is 0 Å². The summed E-state index contributed by atoms with van der Waals surface area (Å²) in [4.78, 5) is 13.7. The summed E-state index contributed by atoms with van der Waals surface area (Å²) in [7, 11) is 2.81. The minimum atomic E-state index is -1.64. The summed E-state index contributed by atoms with van der Waals surface area (Å²) in [6.07, 6.45) is 1.86. The average molecular weight is 400 g/mol. The summed E-state index contributed by atoms with van der Waals surface area (Å²) in [5.41, 5.74) is 1.85. The predicted octanol–water partition coefficient (Wildman–Crippen LogP) is 4.77. The summed E-state index contributed by atoms with van der Waals surface area (Å²) >= 11 is 13.7. The molecule has 132 valence electrons. The molecular formula is C17H15Cl2NO4S. The second kappa shape index (κ2) is 6.78. The lowest BCUT2D eigenvalue weighted by molar-refractivity contribution is -0.210. The maximum Gasteiger partial charge on any atom is 0.266 e. The van der Waals surface area contributed by atoms with Crippen LogP contribution in [0.5, 0.6) is 0 Å². The van der Waals surface area contributed by atoms with Crippen molar-refractivity contribution < 1.29 is 18.8 Å². The van der Waals surface area contributed by atoms with Gasteiger partial charge in [0.2, 0.25) is 5.78 Å². The molecule has 5 nitrogen and oxygen atoms in total. The van der Waals surface area contributed by atoms with E-state index >= 15 is 0 Å². The largest absolute Gasteiger partial charge is 0.355 e. The number of nitrogens with zero attached hydrogens (tertiary/aromatic N) is 1. The van der Waals surface area contributed by atoms with Crippen molar-refractivity contribution in [2.45, 2.75) is 12.7 Å². The van der Waals surface area contributed by atoms with Gasteiger partial charge >= 0.3 is 0 Å². The molecule has 1 aromatic carbocycles. The molecule has 1 aromatic heterocycles. The van der Waals surface area contributed by atoms with Crippen molar-refractivity contribution in [3.8, 4) is 11.3 Å². The zero-order valence-electron chi connectivity index (χ0n) is 14.0. The highest BCUT2D eigenvalue weighted by molar-refractivity contribution is 8.07. The van der Waals surface area contributed by atoms with E-state index in [1.165, 1.54) is 26.0 Å². The fraction of sp³-hybridized carbons (Fsp3) is 0.294. The number of benzene rings is 1. The van der Waals surface area contributed by atoms with Crippen LogP contribution in [0.1, 0.15) is 18.2 Å². The molecule has 3 rings (SSSR count). The van der Waals surface area contributed by atoms with Gasteiger partial charge < -0.3 is 14.0 Å². The zero-order valence-corrected chi connectivity index (χ0v) is 16.3. The summed E-state index contributed by atoms with van der Waals surface area (Å²) in [6, 6.07) is 5.00. The number of Topliss-reactive ketones (excluding diaryl/α,β-unsaturated/α-hetero) is 1. The van der Waals surface area contributed by atoms with Gasteiger partial charge in [0.05, 0.1) is 15.5 Å². The Morgan fingerprint density at radius 2 is 1.92 bits per heavy atom. The Morgan fingerprint density at radius 3 is 2.48 bits per heavy atom. The summed E-state index contributed by atoms with van der Waals surface area (Å²) in [5.74, 6) is -1.50. The SMILES string of the molecule is COC1(OC)C(=O)C(C)=C(SC)c2onc(-c3ccc(Cl)cc3Cl)c21. The first kappa shape index (κ1) is 18.5. The zero-order chi connectivity index (χ0) is 18.4. The Hall–Kier alpha value is -1.31. The van der Waals surface area contributed by atoms with Crippen LogP contribution in [0.25, 0.3) is 16.2 Å². The third-order valence-electron chi connectivity index (χ3n) is 4.17. The van der Waals surface area contributed by atoms with Crippen molar-refractivity contribution >= 4 is 45.7 Å². The number of ketones is 1. The number of hydrogen-bond donors (Lipinski definition) is 0. The molecule has 25 heavy (non-hydrogen) atoms. The fourth-order valence-electron chi connectivity index (χ4n) is 2.97. The monoisotopic (exact) mass is 399 g/mol. The van der Waals surface area contributed by atoms with E-state index < -0.39 is 5.79 Å². The normalized spacial score (nSPS) is 16.3. The number of rotatable bonds is 4. The van der Waals surface area contributed by atoms with Crippen molar-refractivity contribution in [1.29, 1.82) is 0 Å². The number of halogens is 2. The molecule has 0 N–H and O–H groups in total. The van der Waals surface area contributed by atoms with Gasteiger partial charge in [-0.2, -0.15) is 0 Å². The third-order valence-corrected chi connectivity index (χ3v) is 5.62. The van der Waals surface area contributed by atoms with E-state index in [9.17, 15) is 4.79 Å². The van der Waals surface area contributed by atoms with Gasteiger partial charge in [0.1, 0.15) is 5.69 Å². The van der Waals surface area contributed by atoms with E-state index in [0.29, 0.717) is 43.1 Å². The van der Waals surface area contributed by atoms with Crippen LogP contribution in [0.3, 0.4) is 0 Å². The highest BCUT2D eigenvalue weighted by atomic mass is 35.5. The van der Waals surface area contributed by atoms with Gasteiger partial charge in [0.25, 0.3) is 5.79 Å². The molecule has 0 amide bonds. The number of thioether (sulfide) groups is 1. The maximum atomic E-state index is 13.0. The fourth-order valence-corrected chi connectivity index (χ4v) is 4.19. The molecule has 2 aromatic rings. The molecule has 0 bridgehead atoms. The molecule has 0 saturated carbocycles. The van der Waals surface area contributed by atoms with Gasteiger partial charge in [-0.25, -0.2) is 0 Å². The number of carbonyl (C=O) groups is 1. The Labute approximate surface area is 159 Å². The lowest BCUT2D eigenvalue weighted by Gasteiger charge is -2.33. The first-order chi connectivity index (χ1) is 11.9. The molecule has 1 aliphatic rings. The molecule has 8 heteroatoms. The number of methoxy groups -OCH3 is 2. The highest BCUT2D eigenvalue weighted by Crippen LogP contribution is 2.49. The standard InChI is InChI=1S/C17H15Cl2NO4S/c1-8-15(25-4)14-12(17(22-2,23-3)16(8)21)13(20-24-14)10-6-5-9(18)7-11(10)19/h5-7H,1-4H3. The van der Waals surface area contributed by atoms with Crippen molar-refractivity contribution in [2.75, 3.05) is 20.5 Å². The first-order valence-electron chi connectivity index (χ1n) is 7.27. The number of aromatic nitrogens is 1. The van der Waals surface area contributed by atoms with Crippen LogP contribution in [-0.2, 0) is 20.1 Å². The average Bonchev–Trinajstić information content (AvgIpc) is 3.02. The molecular weight excluding hydrogens is 385 g/mol. The minimum absolute atomic E-state index is 0.302. The number of fused-ring (bicyclic) bond motifs is 1. The van der Waals surface area contributed by atoms with Crippen LogP contribution in [0.15, 0.2) is 28.3 Å². The van der Waals surface area contributed by atoms with Crippen LogP contribution in [0.2, 0.25) is 10.0 Å². The lowest BCUT2D eigenvalue weighted by atomic mass is 9.87. The van der Waals surface area contributed by atoms with Gasteiger partial charge in [0.15, 0.2) is 5.76 Å². The van der Waals surface area contributed by atoms with Crippen LogP contribution < -0.4 is 0 Å². The molecule has 0 aliphatic heterocycles. The number of hydrogen-bond acceptors (Lipinski definition) is 6. The molecule has 0 spiro atoms. The lowest BCUT2D eigenvalue weighted by Crippen LogP contribution is -2.43. The van der Waals surface area contributed by atoms with Crippen LogP contribution >= 0.6 is 35.0 Å². The second-order valence-electron chi connectivity index (χ2n) is 5.37. The minimum Gasteiger partial charge on any atom is -0.355 e. The van der Waals surface area contributed by atoms with Crippen molar-refractivity contribution in [3.05, 3.63) is 45.1 Å². The van der Waals surface area contributed by atoms with E-state index in [1.54, 1.807) is 25.1 Å². The smallest absolute Gasteiger partial charge is 0.266 e. The topological polar surface area (TPSA) is 61.6 Å². The van der Waals surface area contributed by atoms with Crippen LogP contribution in [-0.4, -0.2) is 31.4 Å². The number of carbonyl (C=O) groups excluding carboxylic acids is 1. The van der Waals surface area contributed by atoms with E-state index in [2.05, 4.69) is 5.16 Å². The van der Waals surface area contributed by atoms with Crippen molar-refractivity contribution in [1.82, 2.24) is 5.16 Å². The Balaban J connectivity index is 2.37. The molecule has 0 saturated heterocycles. The van der Waals surface area contributed by atoms with E-state index in [4.69, 9.17) is 37.2 Å². The molecule has 1 aliphatic carbocycles. The summed E-state index contributed by atoms with van der Waals surface area (Å²) < 4.78 is 16.6. The highest BCUT2D eigenvalue weighted by Gasteiger charge is 2.52. The van der Waals surface area contributed by atoms with E-state index in [1.807, 2.05) is 6.26 Å². The van der Waals surface area contributed by atoms with Gasteiger partial charge in [-0.15, -0.1) is 11.8 Å². The van der Waals surface area contributed by atoms with Crippen molar-refractivity contribution in [2.24, 2.45) is 0 Å². The van der Waals surface area contributed by atoms with Crippen LogP contribution in [0, 0.1) is 0 Å². The Morgan fingerprint density at radius 1 is 1.24 bits per heavy atom. The van der Waals surface area contributed by atoms with Crippen molar-refractivity contribution in [3.63, 3.8) is 0 Å². The predicted molar refractivity (Wildman–Crippen MR) is 98.8 cm³/mol. The molecule has 0 atom stereocenters. The number of ether oxygens (including phenoxy) is 2. The van der Waals surface area contributed by atoms with Gasteiger partial charge in [-0.3, -0.25) is 4.79 Å². The molecule has 1 heterocycles. The molecule has 0 unspecified atom stereocenters. The Bertz CT molecular complexity index is 887. The maximum absolute atomic E-state index is 13.0. The second-order valence-corrected chi connectivity index (χ2v) is 7.03. The van der Waals surface area contributed by atoms with Gasteiger partial charge in [-0.05, 0) is 31.4 Å². The Kier molecular flexibility index (Phi) is 5.01. The van der Waals surface area contributed by atoms with Crippen LogP contribution in [0.4, 0.5) is 0 Å². The summed E-state index contributed by atoms with van der Waals surface area (Å²) in [6.45, 7) is 1.71.